The molecule has 2 aromatic heterocycles. The molecule has 0 fully saturated rings. The highest BCUT2D eigenvalue weighted by Gasteiger charge is 2.21. The molecule has 1 aromatic carbocycles. The number of aromatic nitrogens is 4. The molecule has 3 rings (SSSR count). The number of carbonyl (C=O) groups excluding carboxylic acids is 1. The van der Waals surface area contributed by atoms with E-state index in [-0.39, 0.29) is 6.10 Å². The number of nitrogens with two attached hydrogens (primary N) is 2. The summed E-state index contributed by atoms with van der Waals surface area (Å²) in [7, 11) is 4.15. The summed E-state index contributed by atoms with van der Waals surface area (Å²) < 4.78 is 117. The minimum absolute atomic E-state index is 0.0103. The molecule has 0 aliphatic carbocycles. The molecule has 0 spiro atoms. The average molecular weight is 1350 g/mol. The molecule has 29 heteroatoms. The molecule has 94 heavy (non-hydrogen) atoms. The van der Waals surface area contributed by atoms with Gasteiger partial charge in [0.2, 0.25) is 0 Å². The fourth-order valence-corrected chi connectivity index (χ4v) is 7.88. The summed E-state index contributed by atoms with van der Waals surface area (Å²) in [6, 6.07) is 8.71. The predicted octanol–water partition coefficient (Wildman–Crippen LogP) is 3.51. The molecule has 0 saturated heterocycles. The molecule has 0 amide bonds. The van der Waals surface area contributed by atoms with E-state index in [1.165, 1.54) is 11.1 Å². The monoisotopic (exact) mass is 1350 g/mol. The van der Waals surface area contributed by atoms with Crippen molar-refractivity contribution in [2.24, 2.45) is 5.73 Å². The van der Waals surface area contributed by atoms with Crippen molar-refractivity contribution in [3.05, 3.63) is 41.2 Å². The number of aryl methyl sites for hydroxylation is 1. The molecule has 0 aliphatic heterocycles. The summed E-state index contributed by atoms with van der Waals surface area (Å²) in [5, 5.41) is 8.29. The second-order valence-electron chi connectivity index (χ2n) is 21.0. The number of unbranched alkanes of at least 4 members (excludes halogenated alkanes) is 1. The van der Waals surface area contributed by atoms with E-state index in [4.69, 9.17) is 116 Å². The van der Waals surface area contributed by atoms with Crippen LogP contribution in [0.2, 0.25) is 0 Å². The number of hydrogen-bond acceptors (Lipinski definition) is 28. The van der Waals surface area contributed by atoms with Gasteiger partial charge in [0.25, 0.3) is 5.88 Å². The maximum absolute atomic E-state index is 10.2. The van der Waals surface area contributed by atoms with Crippen molar-refractivity contribution in [2.75, 3.05) is 291 Å². The summed E-state index contributed by atoms with van der Waals surface area (Å²) >= 11 is 0. The van der Waals surface area contributed by atoms with Gasteiger partial charge in [0.15, 0.2) is 5.82 Å². The van der Waals surface area contributed by atoms with E-state index in [1.54, 1.807) is 0 Å². The number of ether oxygens (including phenoxy) is 21. The van der Waals surface area contributed by atoms with E-state index in [1.807, 2.05) is 13.8 Å². The second kappa shape index (κ2) is 66.4. The number of benzene rings is 1. The number of fused-ring (bicyclic) bond motifs is 1. The number of aldehydes is 1. The van der Waals surface area contributed by atoms with Crippen LogP contribution in [-0.2, 0) is 119 Å². The van der Waals surface area contributed by atoms with Gasteiger partial charge >= 0.3 is 0 Å². The zero-order valence-corrected chi connectivity index (χ0v) is 57.6. The molecule has 29 nitrogen and oxygen atoms in total. The lowest BCUT2D eigenvalue weighted by Crippen LogP contribution is -2.16. The average Bonchev–Trinajstić information content (AvgIpc) is 1.61. The van der Waals surface area contributed by atoms with Crippen molar-refractivity contribution in [2.45, 2.75) is 65.6 Å². The molecular weight excluding hydrogens is 1230 g/mol. The lowest BCUT2D eigenvalue weighted by atomic mass is 10.1. The van der Waals surface area contributed by atoms with Gasteiger partial charge in [-0.05, 0) is 45.5 Å². The van der Waals surface area contributed by atoms with Crippen LogP contribution in [0.3, 0.4) is 0 Å². The van der Waals surface area contributed by atoms with Crippen LogP contribution in [0.1, 0.15) is 57.0 Å². The van der Waals surface area contributed by atoms with Crippen molar-refractivity contribution < 1.29 is 104 Å². The maximum atomic E-state index is 10.2. The molecule has 0 saturated carbocycles. The maximum Gasteiger partial charge on any atom is 0.260 e. The fourth-order valence-electron chi connectivity index (χ4n) is 7.88. The largest absolute Gasteiger partial charge is 0.472 e. The van der Waals surface area contributed by atoms with Crippen LogP contribution in [0.25, 0.3) is 11.0 Å². The molecular formula is C65H119N7O22. The summed E-state index contributed by atoms with van der Waals surface area (Å²) in [5.41, 5.74) is 15.5. The SMILES string of the molecule is CCCCc1nc2c(N)nnc(OC(C)C)c2n1Cc1ccc(CN(C)C)cc1.NCCOCCOCCOCCOCCOCCOCCOCCOCCOCCOCCOCCOCCOCCOCCOCCOCCOCCOCCOCCOCCC=O. The Morgan fingerprint density at radius 2 is 0.723 bits per heavy atom. The Kier molecular flexibility index (Phi) is 60.9. The van der Waals surface area contributed by atoms with Crippen LogP contribution >= 0.6 is 0 Å². The number of hydrogen-bond donors (Lipinski definition) is 2. The van der Waals surface area contributed by atoms with E-state index < -0.39 is 0 Å². The molecule has 0 atom stereocenters. The van der Waals surface area contributed by atoms with E-state index in [0.29, 0.717) is 301 Å². The predicted molar refractivity (Wildman–Crippen MR) is 353 cm³/mol. The van der Waals surface area contributed by atoms with Gasteiger partial charge in [-0.15, -0.1) is 10.2 Å². The van der Waals surface area contributed by atoms with Crippen molar-refractivity contribution in [1.29, 1.82) is 0 Å². The number of carbonyl (C=O) groups is 1. The minimum atomic E-state index is -0.0103. The normalized spacial score (nSPS) is 11.7. The van der Waals surface area contributed by atoms with Crippen LogP contribution in [0.4, 0.5) is 5.82 Å². The zero-order chi connectivity index (χ0) is 67.5. The van der Waals surface area contributed by atoms with Gasteiger partial charge in [-0.1, -0.05) is 37.6 Å². The van der Waals surface area contributed by atoms with Crippen molar-refractivity contribution in [3.63, 3.8) is 0 Å². The van der Waals surface area contributed by atoms with Gasteiger partial charge in [-0.2, -0.15) is 0 Å². The Labute approximate surface area is 559 Å². The van der Waals surface area contributed by atoms with E-state index in [9.17, 15) is 4.79 Å². The fraction of sp³-hybridized carbons (Fsp3) is 0.815. The first kappa shape index (κ1) is 86.2. The van der Waals surface area contributed by atoms with Crippen molar-refractivity contribution >= 4 is 23.1 Å². The Morgan fingerprint density at radius 1 is 0.436 bits per heavy atom. The minimum Gasteiger partial charge on any atom is -0.472 e. The van der Waals surface area contributed by atoms with Gasteiger partial charge in [0, 0.05) is 32.5 Å². The number of nitrogens with zero attached hydrogens (tertiary/aromatic N) is 5. The van der Waals surface area contributed by atoms with E-state index in [0.717, 1.165) is 43.4 Å². The summed E-state index contributed by atoms with van der Waals surface area (Å²) in [6.45, 7) is 28.1. The molecule has 0 aliphatic rings. The van der Waals surface area contributed by atoms with E-state index in [2.05, 4.69) is 64.9 Å². The van der Waals surface area contributed by atoms with Crippen LogP contribution < -0.4 is 16.2 Å². The highest BCUT2D eigenvalue weighted by molar-refractivity contribution is 5.88. The molecule has 0 radical (unpaired) electrons. The molecule has 3 aromatic rings. The van der Waals surface area contributed by atoms with Crippen molar-refractivity contribution in [1.82, 2.24) is 24.6 Å². The third-order valence-electron chi connectivity index (χ3n) is 12.4. The molecule has 546 valence electrons. The molecule has 0 bridgehead atoms. The van der Waals surface area contributed by atoms with Gasteiger partial charge in [-0.3, -0.25) is 0 Å². The van der Waals surface area contributed by atoms with E-state index >= 15 is 0 Å². The first-order valence-electron chi connectivity index (χ1n) is 33.4. The Morgan fingerprint density at radius 3 is 0.989 bits per heavy atom. The number of imidazole rings is 1. The smallest absolute Gasteiger partial charge is 0.260 e. The number of anilines is 1. The molecule has 4 N–H and O–H groups in total. The Bertz CT molecular complexity index is 2090. The first-order chi connectivity index (χ1) is 46.3. The Balaban J connectivity index is 0.000000850. The van der Waals surface area contributed by atoms with Gasteiger partial charge < -0.3 is 125 Å². The highest BCUT2D eigenvalue weighted by Crippen LogP contribution is 2.30. The van der Waals surface area contributed by atoms with Crippen LogP contribution in [0, 0.1) is 0 Å². The number of nitrogen functional groups attached to an aromatic ring is 1. The van der Waals surface area contributed by atoms with Crippen LogP contribution in [0.15, 0.2) is 24.3 Å². The lowest BCUT2D eigenvalue weighted by Gasteiger charge is -2.14. The second-order valence-corrected chi connectivity index (χ2v) is 21.0. The van der Waals surface area contributed by atoms with Gasteiger partial charge in [0.1, 0.15) is 23.1 Å². The highest BCUT2D eigenvalue weighted by atomic mass is 16.6. The lowest BCUT2D eigenvalue weighted by molar-refractivity contribution is -0.109. The summed E-state index contributed by atoms with van der Waals surface area (Å²) in [4.78, 5) is 17.2. The van der Waals surface area contributed by atoms with Crippen LogP contribution in [0.5, 0.6) is 5.88 Å². The third-order valence-corrected chi connectivity index (χ3v) is 12.4. The summed E-state index contributed by atoms with van der Waals surface area (Å²) in [6.07, 6.45) is 4.27. The van der Waals surface area contributed by atoms with Gasteiger partial charge in [-0.25, -0.2) is 4.98 Å². The topological polar surface area (TPSA) is 310 Å². The third kappa shape index (κ3) is 52.3. The van der Waals surface area contributed by atoms with Gasteiger partial charge in [0.05, 0.1) is 270 Å². The summed E-state index contributed by atoms with van der Waals surface area (Å²) in [5.74, 6) is 1.83. The standard InChI is InChI=1S/C43H87NO21.C22H32N6O/c44-2-5-47-7-9-49-11-13-51-15-17-53-19-21-55-23-25-57-27-29-59-31-33-61-35-37-63-39-41-65-43-42-64-40-38-62-36-34-60-32-30-58-28-26-56-24-22-54-20-18-52-16-14-50-12-10-48-8-6-46-4-1-3-45;1-6-7-8-18-24-19-20(22(29-15(2)3)26-25-21(19)23)28(18)14-17-11-9-16(10-12-17)13-27(4)5/h3H,1-2,4-44H2;9-12,15H,6-8,13-14H2,1-5H3,(H2,23,25). The Hall–Kier alpha value is -3.84. The molecule has 2 heterocycles. The number of rotatable bonds is 71. The zero-order valence-electron chi connectivity index (χ0n) is 57.6. The first-order valence-corrected chi connectivity index (χ1v) is 33.4. The van der Waals surface area contributed by atoms with Crippen molar-refractivity contribution in [3.8, 4) is 5.88 Å². The van der Waals surface area contributed by atoms with Crippen LogP contribution in [-0.4, -0.2) is 322 Å². The quantitative estimate of drug-likeness (QED) is 0.0603. The molecule has 0 unspecified atom stereocenters.